The van der Waals surface area contributed by atoms with E-state index in [0.29, 0.717) is 22.6 Å². The Labute approximate surface area is 150 Å². The van der Waals surface area contributed by atoms with Crippen LogP contribution in [0.3, 0.4) is 0 Å². The molecule has 3 aliphatic carbocycles. The van der Waals surface area contributed by atoms with Crippen LogP contribution in [0, 0.1) is 34.5 Å². The monoisotopic (exact) mass is 386 g/mol. The molecule has 0 aromatic heterocycles. The van der Waals surface area contributed by atoms with E-state index >= 15 is 0 Å². The number of fused-ring (bicyclic) bond motifs is 2. The van der Waals surface area contributed by atoms with Gasteiger partial charge in [-0.1, -0.05) is 43.6 Å². The molecule has 0 amide bonds. The first kappa shape index (κ1) is 18.2. The van der Waals surface area contributed by atoms with Gasteiger partial charge >= 0.3 is 0 Å². The lowest BCUT2D eigenvalue weighted by Crippen LogP contribution is -2.58. The number of aliphatic hydroxyl groups is 2. The minimum absolute atomic E-state index is 0.0178. The fourth-order valence-electron chi connectivity index (χ4n) is 6.97. The summed E-state index contributed by atoms with van der Waals surface area (Å²) in [5.41, 5.74) is -0.549. The molecule has 0 aromatic carbocycles. The maximum absolute atomic E-state index is 11.5. The van der Waals surface area contributed by atoms with E-state index in [-0.39, 0.29) is 22.9 Å². The van der Waals surface area contributed by atoms with Gasteiger partial charge in [-0.3, -0.25) is 0 Å². The molecule has 0 saturated heterocycles. The second-order valence-corrected chi connectivity index (χ2v) is 11.0. The molecule has 0 heterocycles. The van der Waals surface area contributed by atoms with E-state index in [2.05, 4.69) is 43.6 Å². The second kappa shape index (κ2) is 5.71. The van der Waals surface area contributed by atoms with E-state index in [4.69, 9.17) is 0 Å². The van der Waals surface area contributed by atoms with Crippen molar-refractivity contribution < 1.29 is 10.2 Å². The summed E-state index contributed by atoms with van der Waals surface area (Å²) in [5.74, 6) is 1.69. The van der Waals surface area contributed by atoms with Gasteiger partial charge in [-0.2, -0.15) is 0 Å². The minimum Gasteiger partial charge on any atom is -0.392 e. The van der Waals surface area contributed by atoms with Crippen molar-refractivity contribution in [2.75, 3.05) is 0 Å². The van der Waals surface area contributed by atoms with Crippen LogP contribution in [0.2, 0.25) is 0 Å². The largest absolute Gasteiger partial charge is 0.392 e. The zero-order valence-electron chi connectivity index (χ0n) is 15.5. The Morgan fingerprint density at radius 1 is 0.957 bits per heavy atom. The van der Waals surface area contributed by atoms with E-state index in [9.17, 15) is 10.2 Å². The summed E-state index contributed by atoms with van der Waals surface area (Å²) in [6.45, 7) is 11.4. The van der Waals surface area contributed by atoms with Crippen molar-refractivity contribution in [1.82, 2.24) is 0 Å². The molecular weight excluding hydrogens is 352 g/mol. The quantitative estimate of drug-likeness (QED) is 0.637. The highest BCUT2D eigenvalue weighted by Gasteiger charge is 2.63. The van der Waals surface area contributed by atoms with E-state index in [1.165, 1.54) is 12.8 Å². The third kappa shape index (κ3) is 2.56. The molecule has 0 unspecified atom stereocenters. The first-order valence-electron chi connectivity index (χ1n) is 9.58. The van der Waals surface area contributed by atoms with Gasteiger partial charge in [0.2, 0.25) is 0 Å². The fourth-order valence-corrected chi connectivity index (χ4v) is 7.71. The van der Waals surface area contributed by atoms with Crippen molar-refractivity contribution in [1.29, 1.82) is 0 Å². The summed E-state index contributed by atoms with van der Waals surface area (Å²) in [5, 5.41) is 22.6. The van der Waals surface area contributed by atoms with Gasteiger partial charge in [-0.15, -0.1) is 0 Å². The van der Waals surface area contributed by atoms with Crippen LogP contribution in [-0.4, -0.2) is 26.7 Å². The van der Waals surface area contributed by atoms with E-state index < -0.39 is 5.60 Å². The Kier molecular flexibility index (Phi) is 4.52. The Balaban J connectivity index is 2.03. The number of halogens is 1. The standard InChI is InChI=1S/C20H35BrO2/c1-12(2)13-6-7-14-16(22)17-19(4,11-10-18(13,14)3)15(21)8-9-20(17,5)23/h12-17,22-23H,6-11H2,1-5H3/t13-,14+,15-,16+,17-,18-,19+,20+/m0/s1. The number of hydrogen-bond acceptors (Lipinski definition) is 2. The molecule has 23 heavy (non-hydrogen) atoms. The lowest BCUT2D eigenvalue weighted by atomic mass is 9.57. The van der Waals surface area contributed by atoms with E-state index in [1.54, 1.807) is 0 Å². The van der Waals surface area contributed by atoms with Crippen LogP contribution in [0.4, 0.5) is 0 Å². The molecule has 0 bridgehead atoms. The van der Waals surface area contributed by atoms with Gasteiger partial charge < -0.3 is 10.2 Å². The molecule has 2 nitrogen and oxygen atoms in total. The Bertz CT molecular complexity index is 463. The molecule has 0 radical (unpaired) electrons. The predicted octanol–water partition coefficient (Wildman–Crippen LogP) is 4.76. The van der Waals surface area contributed by atoms with E-state index in [0.717, 1.165) is 25.7 Å². The molecule has 3 heteroatoms. The Morgan fingerprint density at radius 3 is 2.17 bits per heavy atom. The van der Waals surface area contributed by atoms with Gasteiger partial charge in [0.05, 0.1) is 11.7 Å². The van der Waals surface area contributed by atoms with Gasteiger partial charge in [-0.05, 0) is 74.0 Å². The SMILES string of the molecule is CC(C)[C@@H]1CC[C@@H]2[C@@H](O)[C@H]3[C@](C)(CC[C@]21C)[C@@H](Br)CC[C@@]3(C)O. The summed E-state index contributed by atoms with van der Waals surface area (Å²) < 4.78 is 0. The van der Waals surface area contributed by atoms with Gasteiger partial charge in [0.25, 0.3) is 0 Å². The van der Waals surface area contributed by atoms with Gasteiger partial charge in [0.1, 0.15) is 0 Å². The molecule has 0 aromatic rings. The van der Waals surface area contributed by atoms with Crippen molar-refractivity contribution in [3.63, 3.8) is 0 Å². The maximum Gasteiger partial charge on any atom is 0.0678 e. The molecule has 8 atom stereocenters. The highest BCUT2D eigenvalue weighted by atomic mass is 79.9. The van der Waals surface area contributed by atoms with Gasteiger partial charge in [-0.25, -0.2) is 0 Å². The number of aliphatic hydroxyl groups excluding tert-OH is 1. The third-order valence-corrected chi connectivity index (χ3v) is 9.75. The van der Waals surface area contributed by atoms with Crippen molar-refractivity contribution in [3.05, 3.63) is 0 Å². The van der Waals surface area contributed by atoms with Crippen molar-refractivity contribution in [3.8, 4) is 0 Å². The molecule has 3 rings (SSSR count). The number of hydrogen-bond donors (Lipinski definition) is 2. The zero-order valence-corrected chi connectivity index (χ0v) is 17.1. The summed E-state index contributed by atoms with van der Waals surface area (Å²) in [6.07, 6.45) is 6.06. The molecule has 134 valence electrons. The van der Waals surface area contributed by atoms with Crippen LogP contribution < -0.4 is 0 Å². The fraction of sp³-hybridized carbons (Fsp3) is 1.00. The predicted molar refractivity (Wildman–Crippen MR) is 98.6 cm³/mol. The van der Waals surface area contributed by atoms with Crippen LogP contribution >= 0.6 is 15.9 Å². The molecule has 2 N–H and O–H groups in total. The lowest BCUT2D eigenvalue weighted by molar-refractivity contribution is -0.151. The number of rotatable bonds is 1. The van der Waals surface area contributed by atoms with Crippen LogP contribution in [0.5, 0.6) is 0 Å². The van der Waals surface area contributed by atoms with Gasteiger partial charge in [0, 0.05) is 10.7 Å². The van der Waals surface area contributed by atoms with Crippen molar-refractivity contribution in [2.24, 2.45) is 34.5 Å². The Morgan fingerprint density at radius 2 is 1.57 bits per heavy atom. The molecule has 3 fully saturated rings. The van der Waals surface area contributed by atoms with Crippen LogP contribution in [-0.2, 0) is 0 Å². The topological polar surface area (TPSA) is 40.5 Å². The number of alkyl halides is 1. The van der Waals surface area contributed by atoms with Crippen molar-refractivity contribution >= 4 is 15.9 Å². The molecule has 3 aliphatic rings. The first-order valence-corrected chi connectivity index (χ1v) is 10.5. The minimum atomic E-state index is -0.750. The maximum atomic E-state index is 11.5. The highest BCUT2D eigenvalue weighted by Crippen LogP contribution is 2.64. The lowest BCUT2D eigenvalue weighted by Gasteiger charge is -2.54. The summed E-state index contributed by atoms with van der Waals surface area (Å²) in [6, 6.07) is 0. The summed E-state index contributed by atoms with van der Waals surface area (Å²) in [4.78, 5) is 0.398. The van der Waals surface area contributed by atoms with Crippen LogP contribution in [0.1, 0.15) is 73.1 Å². The molecule has 0 aliphatic heterocycles. The van der Waals surface area contributed by atoms with Crippen LogP contribution in [0.25, 0.3) is 0 Å². The van der Waals surface area contributed by atoms with E-state index in [1.807, 2.05) is 6.92 Å². The Hall–Kier alpha value is 0.400. The van der Waals surface area contributed by atoms with Crippen molar-refractivity contribution in [2.45, 2.75) is 89.7 Å². The molecular formula is C20H35BrO2. The summed E-state index contributed by atoms with van der Waals surface area (Å²) >= 11 is 3.92. The molecule has 0 spiro atoms. The smallest absolute Gasteiger partial charge is 0.0678 e. The highest BCUT2D eigenvalue weighted by molar-refractivity contribution is 9.09. The van der Waals surface area contributed by atoms with Gasteiger partial charge in [0.15, 0.2) is 0 Å². The normalized spacial score (nSPS) is 57.0. The first-order chi connectivity index (χ1) is 10.5. The third-order valence-electron chi connectivity index (χ3n) is 8.24. The van der Waals surface area contributed by atoms with Crippen LogP contribution in [0.15, 0.2) is 0 Å². The average molecular weight is 387 g/mol. The second-order valence-electron chi connectivity index (χ2n) is 9.88. The molecule has 3 saturated carbocycles. The summed E-state index contributed by atoms with van der Waals surface area (Å²) in [7, 11) is 0. The zero-order chi connectivity index (χ0) is 17.2. The average Bonchev–Trinajstić information content (AvgIpc) is 2.75.